The first kappa shape index (κ1) is 16.1. The minimum Gasteiger partial charge on any atom is -0.385 e. The number of carbonyl (C=O) groups excluding carboxylic acids is 1. The number of benzene rings is 1. The maximum Gasteiger partial charge on any atom is 0.256 e. The van der Waals surface area contributed by atoms with Crippen LogP contribution < -0.4 is 5.32 Å². The predicted molar refractivity (Wildman–Crippen MR) is 88.2 cm³/mol. The molecular formula is C16H24ClN3O. The van der Waals surface area contributed by atoms with E-state index >= 15 is 0 Å². The lowest BCUT2D eigenvalue weighted by Crippen LogP contribution is -2.58. The maximum absolute atomic E-state index is 12.9. The van der Waals surface area contributed by atoms with Crippen molar-refractivity contribution in [2.75, 3.05) is 38.5 Å². The zero-order valence-corrected chi connectivity index (χ0v) is 14.0. The SMILES string of the molecule is CCNc1ccc(Cl)cc1C(=O)N1CCN(C)C(C)(C)C1. The summed E-state index contributed by atoms with van der Waals surface area (Å²) >= 11 is 6.07. The number of carbonyl (C=O) groups is 1. The van der Waals surface area contributed by atoms with Gasteiger partial charge < -0.3 is 10.2 Å². The van der Waals surface area contributed by atoms with Crippen LogP contribution in [-0.2, 0) is 0 Å². The molecule has 1 aromatic carbocycles. The van der Waals surface area contributed by atoms with Gasteiger partial charge >= 0.3 is 0 Å². The normalized spacial score (nSPS) is 18.6. The van der Waals surface area contributed by atoms with E-state index in [0.29, 0.717) is 10.6 Å². The molecule has 4 nitrogen and oxygen atoms in total. The van der Waals surface area contributed by atoms with Gasteiger partial charge in [-0.15, -0.1) is 0 Å². The highest BCUT2D eigenvalue weighted by Crippen LogP contribution is 2.25. The summed E-state index contributed by atoms with van der Waals surface area (Å²) in [7, 11) is 2.10. The third-order valence-electron chi connectivity index (χ3n) is 4.18. The van der Waals surface area contributed by atoms with E-state index in [-0.39, 0.29) is 11.4 Å². The predicted octanol–water partition coefficient (Wildman–Crippen LogP) is 2.94. The molecule has 1 heterocycles. The number of anilines is 1. The van der Waals surface area contributed by atoms with Gasteiger partial charge in [0.05, 0.1) is 5.56 Å². The van der Waals surface area contributed by atoms with Crippen LogP contribution in [0.5, 0.6) is 0 Å². The molecule has 116 valence electrons. The molecule has 1 amide bonds. The molecule has 0 saturated carbocycles. The van der Waals surface area contributed by atoms with Crippen molar-refractivity contribution >= 4 is 23.2 Å². The van der Waals surface area contributed by atoms with E-state index in [1.807, 2.05) is 24.0 Å². The largest absolute Gasteiger partial charge is 0.385 e. The van der Waals surface area contributed by atoms with Gasteiger partial charge in [-0.2, -0.15) is 0 Å². The summed E-state index contributed by atoms with van der Waals surface area (Å²) in [6, 6.07) is 5.44. The van der Waals surface area contributed by atoms with E-state index in [1.54, 1.807) is 6.07 Å². The van der Waals surface area contributed by atoms with Gasteiger partial charge in [-0.25, -0.2) is 0 Å². The molecule has 0 aromatic heterocycles. The van der Waals surface area contributed by atoms with Crippen molar-refractivity contribution in [1.29, 1.82) is 0 Å². The van der Waals surface area contributed by atoms with Crippen LogP contribution in [0.25, 0.3) is 0 Å². The van der Waals surface area contributed by atoms with Gasteiger partial charge in [0.1, 0.15) is 0 Å². The highest BCUT2D eigenvalue weighted by molar-refractivity contribution is 6.31. The minimum absolute atomic E-state index is 0.00909. The monoisotopic (exact) mass is 309 g/mol. The average Bonchev–Trinajstić information content (AvgIpc) is 2.43. The van der Waals surface area contributed by atoms with E-state index in [2.05, 4.69) is 31.1 Å². The molecule has 0 bridgehead atoms. The van der Waals surface area contributed by atoms with Crippen molar-refractivity contribution in [3.63, 3.8) is 0 Å². The first-order valence-corrected chi connectivity index (χ1v) is 7.77. The minimum atomic E-state index is -0.00909. The summed E-state index contributed by atoms with van der Waals surface area (Å²) in [4.78, 5) is 17.1. The van der Waals surface area contributed by atoms with Gasteiger partial charge in [0.2, 0.25) is 0 Å². The molecule has 1 aliphatic rings. The fourth-order valence-corrected chi connectivity index (χ4v) is 2.79. The van der Waals surface area contributed by atoms with Crippen LogP contribution in [0.15, 0.2) is 18.2 Å². The van der Waals surface area contributed by atoms with Crippen LogP contribution in [0, 0.1) is 0 Å². The number of piperazine rings is 1. The van der Waals surface area contributed by atoms with E-state index in [9.17, 15) is 4.79 Å². The standard InChI is InChI=1S/C16H24ClN3O/c1-5-18-14-7-6-12(17)10-13(14)15(21)20-9-8-19(4)16(2,3)11-20/h6-7,10,18H,5,8-9,11H2,1-4H3. The van der Waals surface area contributed by atoms with Crippen molar-refractivity contribution < 1.29 is 4.79 Å². The molecule has 0 unspecified atom stereocenters. The molecule has 21 heavy (non-hydrogen) atoms. The Labute approximate surface area is 132 Å². The maximum atomic E-state index is 12.9. The Hall–Kier alpha value is -1.26. The number of nitrogens with one attached hydrogen (secondary N) is 1. The van der Waals surface area contributed by atoms with Gasteiger partial charge in [0, 0.05) is 42.4 Å². The van der Waals surface area contributed by atoms with Gasteiger partial charge in [0.15, 0.2) is 0 Å². The molecule has 2 rings (SSSR count). The summed E-state index contributed by atoms with van der Waals surface area (Å²) in [5.41, 5.74) is 1.50. The molecule has 1 aromatic rings. The second-order valence-electron chi connectivity index (χ2n) is 6.18. The quantitative estimate of drug-likeness (QED) is 0.932. The first-order valence-electron chi connectivity index (χ1n) is 7.39. The van der Waals surface area contributed by atoms with Crippen molar-refractivity contribution in [1.82, 2.24) is 9.80 Å². The summed E-state index contributed by atoms with van der Waals surface area (Å²) in [5, 5.41) is 3.83. The first-order chi connectivity index (χ1) is 9.85. The van der Waals surface area contributed by atoms with Crippen LogP contribution >= 0.6 is 11.6 Å². The number of halogens is 1. The molecule has 5 heteroatoms. The number of rotatable bonds is 3. The molecule has 0 spiro atoms. The van der Waals surface area contributed by atoms with Crippen molar-refractivity contribution in [3.05, 3.63) is 28.8 Å². The third-order valence-corrected chi connectivity index (χ3v) is 4.42. The smallest absolute Gasteiger partial charge is 0.256 e. The Bertz CT molecular complexity index is 530. The van der Waals surface area contributed by atoms with Crippen molar-refractivity contribution in [2.24, 2.45) is 0 Å². The zero-order valence-electron chi connectivity index (χ0n) is 13.2. The Morgan fingerprint density at radius 2 is 2.10 bits per heavy atom. The number of amides is 1. The van der Waals surface area contributed by atoms with E-state index in [4.69, 9.17) is 11.6 Å². The second kappa shape index (κ2) is 6.24. The average molecular weight is 310 g/mol. The number of nitrogens with zero attached hydrogens (tertiary/aromatic N) is 2. The third kappa shape index (κ3) is 3.50. The van der Waals surface area contributed by atoms with E-state index in [1.165, 1.54) is 0 Å². The summed E-state index contributed by atoms with van der Waals surface area (Å²) in [6.45, 7) is 9.47. The highest BCUT2D eigenvalue weighted by Gasteiger charge is 2.34. The number of likely N-dealkylation sites (N-methyl/N-ethyl adjacent to an activating group) is 1. The Kier molecular flexibility index (Phi) is 4.79. The lowest BCUT2D eigenvalue weighted by molar-refractivity contribution is 0.0312. The lowest BCUT2D eigenvalue weighted by atomic mass is 9.99. The fraction of sp³-hybridized carbons (Fsp3) is 0.562. The van der Waals surface area contributed by atoms with Crippen molar-refractivity contribution in [3.8, 4) is 0 Å². The second-order valence-corrected chi connectivity index (χ2v) is 6.62. The Morgan fingerprint density at radius 1 is 1.38 bits per heavy atom. The molecule has 0 aliphatic carbocycles. The topological polar surface area (TPSA) is 35.6 Å². The Balaban J connectivity index is 2.26. The van der Waals surface area contributed by atoms with Crippen molar-refractivity contribution in [2.45, 2.75) is 26.3 Å². The fourth-order valence-electron chi connectivity index (χ4n) is 2.62. The van der Waals surface area contributed by atoms with Crippen LogP contribution in [0.3, 0.4) is 0 Å². The summed E-state index contributed by atoms with van der Waals surface area (Å²) < 4.78 is 0. The molecule has 1 aliphatic heterocycles. The van der Waals surface area contributed by atoms with Gasteiger partial charge in [-0.1, -0.05) is 11.6 Å². The van der Waals surface area contributed by atoms with Crippen LogP contribution in [-0.4, -0.2) is 54.5 Å². The summed E-state index contributed by atoms with van der Waals surface area (Å²) in [6.07, 6.45) is 0. The van der Waals surface area contributed by atoms with Gasteiger partial charge in [-0.3, -0.25) is 9.69 Å². The van der Waals surface area contributed by atoms with Gasteiger partial charge in [0.25, 0.3) is 5.91 Å². The number of hydrogen-bond acceptors (Lipinski definition) is 3. The molecule has 1 fully saturated rings. The Morgan fingerprint density at radius 3 is 2.71 bits per heavy atom. The summed E-state index contributed by atoms with van der Waals surface area (Å²) in [5.74, 6) is 0.0506. The lowest BCUT2D eigenvalue weighted by Gasteiger charge is -2.45. The van der Waals surface area contributed by atoms with Gasteiger partial charge in [-0.05, 0) is 46.0 Å². The highest BCUT2D eigenvalue weighted by atomic mass is 35.5. The molecule has 1 saturated heterocycles. The molecular weight excluding hydrogens is 286 g/mol. The van der Waals surface area contributed by atoms with Crippen LogP contribution in [0.1, 0.15) is 31.1 Å². The molecule has 1 N–H and O–H groups in total. The van der Waals surface area contributed by atoms with Crippen LogP contribution in [0.2, 0.25) is 5.02 Å². The zero-order chi connectivity index (χ0) is 15.6. The molecule has 0 atom stereocenters. The molecule has 0 radical (unpaired) electrons. The van der Waals surface area contributed by atoms with Crippen LogP contribution in [0.4, 0.5) is 5.69 Å². The van der Waals surface area contributed by atoms with E-state index < -0.39 is 0 Å². The number of hydrogen-bond donors (Lipinski definition) is 1. The van der Waals surface area contributed by atoms with E-state index in [0.717, 1.165) is 31.9 Å².